The number of hydrogen-bond donors (Lipinski definition) is 0. The minimum Gasteiger partial charge on any atom is -0.462 e. The largest absolute Gasteiger partial charge is 0.462 e. The highest BCUT2D eigenvalue weighted by Gasteiger charge is 2.19. The molecule has 6 nitrogen and oxygen atoms in total. The predicted molar refractivity (Wildman–Crippen MR) is 266 cm³/mol. The Morgan fingerprint density at radius 2 is 0.435 bits per heavy atom. The fraction of sp³-hybridized carbons (Fsp3) is 0.946. The van der Waals surface area contributed by atoms with Crippen molar-refractivity contribution >= 4 is 17.9 Å². The Bertz CT molecular complexity index is 920. The first-order valence-electron chi connectivity index (χ1n) is 28.0. The van der Waals surface area contributed by atoms with Gasteiger partial charge in [0.1, 0.15) is 13.2 Å². The summed E-state index contributed by atoms with van der Waals surface area (Å²) in [5.41, 5.74) is 0. The van der Waals surface area contributed by atoms with Gasteiger partial charge < -0.3 is 14.2 Å². The summed E-state index contributed by atoms with van der Waals surface area (Å²) < 4.78 is 16.7. The molecule has 62 heavy (non-hydrogen) atoms. The molecular formula is C56H108O6. The quantitative estimate of drug-likeness (QED) is 0.0344. The summed E-state index contributed by atoms with van der Waals surface area (Å²) in [5.74, 6) is -0.850. The second-order valence-corrected chi connectivity index (χ2v) is 19.2. The molecule has 0 bridgehead atoms. The van der Waals surface area contributed by atoms with E-state index >= 15 is 0 Å². The summed E-state index contributed by atoms with van der Waals surface area (Å²) in [7, 11) is 0. The first kappa shape index (κ1) is 60.4. The van der Waals surface area contributed by atoms with E-state index in [9.17, 15) is 14.4 Å². The van der Waals surface area contributed by atoms with Gasteiger partial charge in [-0.1, -0.05) is 284 Å². The normalized spacial score (nSPS) is 11.9. The summed E-state index contributed by atoms with van der Waals surface area (Å²) in [6.45, 7) is 6.64. The van der Waals surface area contributed by atoms with E-state index < -0.39 is 6.10 Å². The zero-order chi connectivity index (χ0) is 45.1. The molecular weight excluding hydrogens is 769 g/mol. The van der Waals surface area contributed by atoms with Crippen molar-refractivity contribution in [3.05, 3.63) is 0 Å². The smallest absolute Gasteiger partial charge is 0.306 e. The number of esters is 3. The van der Waals surface area contributed by atoms with Crippen LogP contribution in [-0.2, 0) is 28.6 Å². The van der Waals surface area contributed by atoms with Gasteiger partial charge in [0.15, 0.2) is 6.10 Å². The van der Waals surface area contributed by atoms with E-state index in [1.54, 1.807) is 0 Å². The van der Waals surface area contributed by atoms with Gasteiger partial charge in [0, 0.05) is 19.3 Å². The van der Waals surface area contributed by atoms with E-state index in [1.807, 2.05) is 0 Å². The lowest BCUT2D eigenvalue weighted by atomic mass is 10.0. The minimum atomic E-state index is -0.758. The molecule has 0 amide bonds. The number of hydrogen-bond acceptors (Lipinski definition) is 6. The van der Waals surface area contributed by atoms with Crippen molar-refractivity contribution in [1.82, 2.24) is 0 Å². The highest BCUT2D eigenvalue weighted by atomic mass is 16.6. The molecule has 0 fully saturated rings. The average molecular weight is 877 g/mol. The maximum absolute atomic E-state index is 12.7. The number of carbonyl (C=O) groups excluding carboxylic acids is 3. The second-order valence-electron chi connectivity index (χ2n) is 19.2. The maximum Gasteiger partial charge on any atom is 0.306 e. The van der Waals surface area contributed by atoms with Crippen LogP contribution in [0.4, 0.5) is 0 Å². The summed E-state index contributed by atoms with van der Waals surface area (Å²) in [5, 5.41) is 0. The van der Waals surface area contributed by atoms with Crippen molar-refractivity contribution in [1.29, 1.82) is 0 Å². The Balaban J connectivity index is 3.95. The van der Waals surface area contributed by atoms with Crippen molar-refractivity contribution in [2.75, 3.05) is 13.2 Å². The van der Waals surface area contributed by atoms with Gasteiger partial charge in [0.2, 0.25) is 0 Å². The molecule has 0 saturated carbocycles. The van der Waals surface area contributed by atoms with Crippen LogP contribution in [0.5, 0.6) is 0 Å². The summed E-state index contributed by atoms with van der Waals surface area (Å²) in [6, 6.07) is 0. The molecule has 0 radical (unpaired) electrons. The van der Waals surface area contributed by atoms with E-state index in [2.05, 4.69) is 20.8 Å². The van der Waals surface area contributed by atoms with Crippen molar-refractivity contribution in [3.8, 4) is 0 Å². The van der Waals surface area contributed by atoms with E-state index in [1.165, 1.54) is 225 Å². The van der Waals surface area contributed by atoms with Crippen molar-refractivity contribution < 1.29 is 28.6 Å². The standard InChI is InChI=1S/C56H108O6/c1-4-7-10-13-16-19-20-21-22-23-24-25-26-27-28-29-30-31-32-33-34-35-36-38-40-43-46-49-55(58)61-52-53(51-60-54(57)48-45-42-39-18-15-12-9-6-3)62-56(59)50-47-44-41-37-17-14-11-8-5-2/h53H,4-52H2,1-3H3. The summed E-state index contributed by atoms with van der Waals surface area (Å²) in [4.78, 5) is 37.7. The highest BCUT2D eigenvalue weighted by molar-refractivity contribution is 5.71. The van der Waals surface area contributed by atoms with Crippen LogP contribution in [0.1, 0.15) is 323 Å². The van der Waals surface area contributed by atoms with Crippen LogP contribution in [0.2, 0.25) is 0 Å². The molecule has 1 unspecified atom stereocenters. The number of carbonyl (C=O) groups is 3. The van der Waals surface area contributed by atoms with Gasteiger partial charge in [-0.05, 0) is 19.3 Å². The topological polar surface area (TPSA) is 78.9 Å². The van der Waals surface area contributed by atoms with Crippen molar-refractivity contribution in [2.24, 2.45) is 0 Å². The fourth-order valence-corrected chi connectivity index (χ4v) is 8.62. The SMILES string of the molecule is CCCCCCCCCCCCCCCCCCCCCCCCCCCCCC(=O)OCC(COC(=O)CCCCCCCCCC)OC(=O)CCCCCCCCCCC. The maximum atomic E-state index is 12.7. The molecule has 6 heteroatoms. The fourth-order valence-electron chi connectivity index (χ4n) is 8.62. The number of rotatable bonds is 52. The third-order valence-corrected chi connectivity index (χ3v) is 12.9. The van der Waals surface area contributed by atoms with E-state index in [-0.39, 0.29) is 31.1 Å². The van der Waals surface area contributed by atoms with Crippen LogP contribution in [0, 0.1) is 0 Å². The monoisotopic (exact) mass is 877 g/mol. The molecule has 0 saturated heterocycles. The van der Waals surface area contributed by atoms with Gasteiger partial charge in [-0.3, -0.25) is 14.4 Å². The van der Waals surface area contributed by atoms with Crippen LogP contribution in [0.3, 0.4) is 0 Å². The molecule has 0 N–H and O–H groups in total. The molecule has 1 atom stereocenters. The van der Waals surface area contributed by atoms with Crippen LogP contribution in [-0.4, -0.2) is 37.2 Å². The average Bonchev–Trinajstić information content (AvgIpc) is 3.27. The van der Waals surface area contributed by atoms with Crippen LogP contribution in [0.15, 0.2) is 0 Å². The van der Waals surface area contributed by atoms with E-state index in [0.717, 1.165) is 57.8 Å². The molecule has 0 aromatic carbocycles. The van der Waals surface area contributed by atoms with E-state index in [4.69, 9.17) is 14.2 Å². The van der Waals surface area contributed by atoms with Crippen LogP contribution >= 0.6 is 0 Å². The lowest BCUT2D eigenvalue weighted by Gasteiger charge is -2.18. The molecule has 0 aromatic heterocycles. The zero-order valence-corrected chi connectivity index (χ0v) is 42.2. The van der Waals surface area contributed by atoms with Gasteiger partial charge in [-0.15, -0.1) is 0 Å². The Kier molecular flexibility index (Phi) is 50.7. The van der Waals surface area contributed by atoms with Crippen molar-refractivity contribution in [3.63, 3.8) is 0 Å². The summed E-state index contributed by atoms with van der Waals surface area (Å²) >= 11 is 0. The lowest BCUT2D eigenvalue weighted by molar-refractivity contribution is -0.167. The molecule has 0 aromatic rings. The van der Waals surface area contributed by atoms with Crippen LogP contribution in [0.25, 0.3) is 0 Å². The summed E-state index contributed by atoms with van der Waals surface area (Å²) in [6.07, 6.45) is 57.1. The number of unbranched alkanes of at least 4 members (excludes halogenated alkanes) is 41. The Hall–Kier alpha value is -1.59. The van der Waals surface area contributed by atoms with Gasteiger partial charge in [0.25, 0.3) is 0 Å². The van der Waals surface area contributed by atoms with Crippen LogP contribution < -0.4 is 0 Å². The Morgan fingerprint density at radius 1 is 0.258 bits per heavy atom. The lowest BCUT2D eigenvalue weighted by Crippen LogP contribution is -2.30. The molecule has 0 heterocycles. The van der Waals surface area contributed by atoms with E-state index in [0.29, 0.717) is 19.3 Å². The number of ether oxygens (including phenoxy) is 3. The molecule has 0 spiro atoms. The van der Waals surface area contributed by atoms with Gasteiger partial charge in [-0.2, -0.15) is 0 Å². The first-order valence-corrected chi connectivity index (χ1v) is 28.0. The zero-order valence-electron chi connectivity index (χ0n) is 42.2. The first-order chi connectivity index (χ1) is 30.5. The third-order valence-electron chi connectivity index (χ3n) is 12.9. The molecule has 368 valence electrons. The van der Waals surface area contributed by atoms with Gasteiger partial charge in [0.05, 0.1) is 0 Å². The predicted octanol–water partition coefficient (Wildman–Crippen LogP) is 18.4. The van der Waals surface area contributed by atoms with Gasteiger partial charge >= 0.3 is 17.9 Å². The molecule has 0 aliphatic heterocycles. The second kappa shape index (κ2) is 52.0. The highest BCUT2D eigenvalue weighted by Crippen LogP contribution is 2.18. The third kappa shape index (κ3) is 49.4. The molecule has 0 aliphatic carbocycles. The molecule has 0 aliphatic rings. The van der Waals surface area contributed by atoms with Gasteiger partial charge in [-0.25, -0.2) is 0 Å². The Morgan fingerprint density at radius 3 is 0.645 bits per heavy atom. The van der Waals surface area contributed by atoms with Crippen molar-refractivity contribution in [2.45, 2.75) is 329 Å². The Labute approximate surface area is 387 Å². The minimum absolute atomic E-state index is 0.0626. The molecule has 0 rings (SSSR count).